The van der Waals surface area contributed by atoms with Crippen LogP contribution < -0.4 is 16.0 Å². The maximum Gasteiger partial charge on any atom is 0.344 e. The van der Waals surface area contributed by atoms with Gasteiger partial charge in [0.15, 0.2) is 0 Å². The Balaban J connectivity index is 1.47. The Morgan fingerprint density at radius 2 is 1.74 bits per heavy atom. The molecule has 0 aliphatic carbocycles. The molecule has 0 amide bonds. The lowest BCUT2D eigenvalue weighted by Crippen LogP contribution is -2.31. The van der Waals surface area contributed by atoms with Crippen LogP contribution in [0.15, 0.2) is 89.6 Å². The average molecular weight is 551 g/mol. The van der Waals surface area contributed by atoms with Gasteiger partial charge in [0.1, 0.15) is 23.6 Å². The van der Waals surface area contributed by atoms with E-state index in [2.05, 4.69) is 20.8 Å². The predicted molar refractivity (Wildman–Crippen MR) is 138 cm³/mol. The Hall–Kier alpha value is -3.39. The van der Waals surface area contributed by atoms with E-state index >= 15 is 0 Å². The van der Waals surface area contributed by atoms with Gasteiger partial charge in [0.2, 0.25) is 0 Å². The minimum atomic E-state index is -0.551. The molecule has 0 bridgehead atoms. The Morgan fingerprint density at radius 3 is 2.57 bits per heavy atom. The second kappa shape index (κ2) is 8.68. The molecule has 3 heterocycles. The van der Waals surface area contributed by atoms with Crippen LogP contribution in [0.1, 0.15) is 11.1 Å². The largest absolute Gasteiger partial charge is 0.478 e. The number of hydrogen-bond donors (Lipinski definition) is 0. The van der Waals surface area contributed by atoms with Gasteiger partial charge < -0.3 is 13.6 Å². The van der Waals surface area contributed by atoms with Gasteiger partial charge in [-0.3, -0.25) is 4.90 Å². The molecule has 5 aromatic rings. The van der Waals surface area contributed by atoms with Crippen molar-refractivity contribution in [3.05, 3.63) is 108 Å². The van der Waals surface area contributed by atoms with Crippen molar-refractivity contribution in [1.82, 2.24) is 4.90 Å². The van der Waals surface area contributed by atoms with Gasteiger partial charge in [-0.1, -0.05) is 39.7 Å². The van der Waals surface area contributed by atoms with Crippen molar-refractivity contribution >= 4 is 49.5 Å². The average Bonchev–Trinajstić information content (AvgIpc) is 2.85. The number of rotatable bonds is 3. The maximum absolute atomic E-state index is 12.9. The second-order valence-electron chi connectivity index (χ2n) is 8.41. The highest BCUT2D eigenvalue weighted by Gasteiger charge is 2.24. The molecule has 3 aromatic carbocycles. The summed E-state index contributed by atoms with van der Waals surface area (Å²) in [5.41, 5.74) is 2.40. The fourth-order valence-electron chi connectivity index (χ4n) is 4.43. The molecular weight excluding hydrogens is 534 g/mol. The first-order chi connectivity index (χ1) is 16.9. The lowest BCUT2D eigenvalue weighted by atomic mass is 9.99. The Kier molecular flexibility index (Phi) is 5.48. The SMILES string of the molecule is O=c1cc(-c2cc3cc(Br)ccc3oc2=O)c2ccc3c(c2o1)CN(Cc1ccc(Cl)cc1)CO3. The molecule has 0 saturated carbocycles. The molecule has 2 aromatic heterocycles. The van der Waals surface area contributed by atoms with Crippen LogP contribution in [0.2, 0.25) is 5.02 Å². The molecule has 0 N–H and O–H groups in total. The van der Waals surface area contributed by atoms with Gasteiger partial charge in [-0.2, -0.15) is 0 Å². The van der Waals surface area contributed by atoms with Gasteiger partial charge in [0, 0.05) is 45.0 Å². The molecule has 0 fully saturated rings. The third kappa shape index (κ3) is 4.16. The zero-order valence-electron chi connectivity index (χ0n) is 18.2. The summed E-state index contributed by atoms with van der Waals surface area (Å²) < 4.78 is 18.0. The van der Waals surface area contributed by atoms with Crippen LogP contribution in [-0.2, 0) is 13.1 Å². The molecule has 174 valence electrons. The van der Waals surface area contributed by atoms with E-state index < -0.39 is 11.3 Å². The predicted octanol–water partition coefficient (Wildman–Crippen LogP) is 6.33. The van der Waals surface area contributed by atoms with Crippen molar-refractivity contribution in [2.24, 2.45) is 0 Å². The summed E-state index contributed by atoms with van der Waals surface area (Å²) in [6.45, 7) is 1.55. The van der Waals surface area contributed by atoms with Gasteiger partial charge >= 0.3 is 11.3 Å². The van der Waals surface area contributed by atoms with Crippen molar-refractivity contribution in [2.45, 2.75) is 13.1 Å². The first-order valence-electron chi connectivity index (χ1n) is 10.9. The monoisotopic (exact) mass is 549 g/mol. The summed E-state index contributed by atoms with van der Waals surface area (Å²) in [4.78, 5) is 27.6. The lowest BCUT2D eigenvalue weighted by molar-refractivity contribution is 0.0890. The summed E-state index contributed by atoms with van der Waals surface area (Å²) in [5.74, 6) is 0.652. The van der Waals surface area contributed by atoms with Crippen LogP contribution in [-0.4, -0.2) is 11.6 Å². The molecule has 8 heteroatoms. The van der Waals surface area contributed by atoms with Crippen molar-refractivity contribution in [2.75, 3.05) is 6.73 Å². The molecule has 35 heavy (non-hydrogen) atoms. The molecule has 0 unspecified atom stereocenters. The first-order valence-corrected chi connectivity index (χ1v) is 12.0. The fraction of sp³-hybridized carbons (Fsp3) is 0.111. The van der Waals surface area contributed by atoms with Crippen LogP contribution in [0.3, 0.4) is 0 Å². The van der Waals surface area contributed by atoms with Crippen molar-refractivity contribution in [3.63, 3.8) is 0 Å². The molecule has 0 spiro atoms. The minimum Gasteiger partial charge on any atom is -0.478 e. The number of benzene rings is 3. The summed E-state index contributed by atoms with van der Waals surface area (Å²) >= 11 is 9.45. The van der Waals surface area contributed by atoms with Crippen molar-refractivity contribution in [3.8, 4) is 16.9 Å². The highest BCUT2D eigenvalue weighted by molar-refractivity contribution is 9.10. The third-order valence-corrected chi connectivity index (χ3v) is 6.81. The van der Waals surface area contributed by atoms with E-state index in [0.29, 0.717) is 58.3 Å². The van der Waals surface area contributed by atoms with Crippen LogP contribution in [0.25, 0.3) is 33.1 Å². The highest BCUT2D eigenvalue weighted by atomic mass is 79.9. The quantitative estimate of drug-likeness (QED) is 0.244. The van der Waals surface area contributed by atoms with E-state index in [1.807, 2.05) is 42.5 Å². The van der Waals surface area contributed by atoms with E-state index in [1.54, 1.807) is 18.2 Å². The number of halogens is 2. The third-order valence-electron chi connectivity index (χ3n) is 6.06. The van der Waals surface area contributed by atoms with Gasteiger partial charge in [0.05, 0.1) is 11.1 Å². The van der Waals surface area contributed by atoms with E-state index in [9.17, 15) is 9.59 Å². The normalized spacial score (nSPS) is 13.7. The Morgan fingerprint density at radius 1 is 0.914 bits per heavy atom. The zero-order chi connectivity index (χ0) is 24.1. The molecule has 0 radical (unpaired) electrons. The molecule has 1 aliphatic rings. The number of fused-ring (bicyclic) bond motifs is 4. The number of ether oxygens (including phenoxy) is 1. The van der Waals surface area contributed by atoms with Crippen LogP contribution >= 0.6 is 27.5 Å². The maximum atomic E-state index is 12.9. The van der Waals surface area contributed by atoms with Gasteiger partial charge in [-0.15, -0.1) is 0 Å². The number of hydrogen-bond acceptors (Lipinski definition) is 6. The van der Waals surface area contributed by atoms with Crippen LogP contribution in [0.5, 0.6) is 5.75 Å². The van der Waals surface area contributed by atoms with Crippen LogP contribution in [0.4, 0.5) is 0 Å². The molecule has 0 atom stereocenters. The molecule has 6 rings (SSSR count). The van der Waals surface area contributed by atoms with E-state index in [1.165, 1.54) is 6.07 Å². The Bertz CT molecular complexity index is 1730. The minimum absolute atomic E-state index is 0.295. The summed E-state index contributed by atoms with van der Waals surface area (Å²) in [6, 6.07) is 19.8. The number of nitrogens with zero attached hydrogens (tertiary/aromatic N) is 1. The van der Waals surface area contributed by atoms with E-state index in [4.69, 9.17) is 25.2 Å². The molecule has 1 aliphatic heterocycles. The lowest BCUT2D eigenvalue weighted by Gasteiger charge is -2.29. The topological polar surface area (TPSA) is 72.9 Å². The standard InChI is InChI=1S/C27H17BrClNO5/c28-17-3-7-23-16(9-17)10-21(27(32)34-23)20-11-25(31)35-26-19(20)6-8-24-22(26)13-30(14-33-24)12-15-1-4-18(29)5-2-15/h1-11H,12-14H2. The molecular formula is C27H17BrClNO5. The fourth-order valence-corrected chi connectivity index (χ4v) is 4.94. The van der Waals surface area contributed by atoms with Crippen LogP contribution in [0, 0.1) is 0 Å². The highest BCUT2D eigenvalue weighted by Crippen LogP contribution is 2.36. The zero-order valence-corrected chi connectivity index (χ0v) is 20.6. The molecule has 0 saturated heterocycles. The first kappa shape index (κ1) is 22.1. The summed E-state index contributed by atoms with van der Waals surface area (Å²) in [6.07, 6.45) is 0. The summed E-state index contributed by atoms with van der Waals surface area (Å²) in [5, 5.41) is 2.06. The van der Waals surface area contributed by atoms with Gasteiger partial charge in [-0.25, -0.2) is 9.59 Å². The van der Waals surface area contributed by atoms with E-state index in [0.717, 1.165) is 21.0 Å². The van der Waals surface area contributed by atoms with Gasteiger partial charge in [-0.05, 0) is 54.1 Å². The van der Waals surface area contributed by atoms with Gasteiger partial charge in [0.25, 0.3) is 0 Å². The smallest absolute Gasteiger partial charge is 0.344 e. The Labute approximate surface area is 212 Å². The summed E-state index contributed by atoms with van der Waals surface area (Å²) in [7, 11) is 0. The second-order valence-corrected chi connectivity index (χ2v) is 9.77. The van der Waals surface area contributed by atoms with Crippen molar-refractivity contribution in [1.29, 1.82) is 0 Å². The molecule has 6 nitrogen and oxygen atoms in total. The van der Waals surface area contributed by atoms with Crippen molar-refractivity contribution < 1.29 is 13.6 Å². The van der Waals surface area contributed by atoms with E-state index in [-0.39, 0.29) is 0 Å².